The molecule has 0 fully saturated rings. The molecule has 0 saturated carbocycles. The van der Waals surface area contributed by atoms with Gasteiger partial charge in [0.2, 0.25) is 11.8 Å². The molecular formula is C28H43N3O6. The Bertz CT molecular complexity index is 921. The lowest BCUT2D eigenvalue weighted by Gasteiger charge is -2.35. The van der Waals surface area contributed by atoms with Crippen LogP contribution in [0.3, 0.4) is 0 Å². The summed E-state index contributed by atoms with van der Waals surface area (Å²) in [5.41, 5.74) is 0.942. The summed E-state index contributed by atoms with van der Waals surface area (Å²) in [6, 6.07) is 5.47. The van der Waals surface area contributed by atoms with E-state index in [1.54, 1.807) is 41.5 Å². The zero-order valence-corrected chi connectivity index (χ0v) is 23.3. The first-order valence-corrected chi connectivity index (χ1v) is 12.8. The minimum atomic E-state index is -1.01. The van der Waals surface area contributed by atoms with Crippen LogP contribution in [0.1, 0.15) is 72.1 Å². The molecule has 1 rings (SSSR count). The molecule has 0 aliphatic rings. The Balaban J connectivity index is 3.34. The lowest BCUT2D eigenvalue weighted by atomic mass is 9.98. The second-order valence-electron chi connectivity index (χ2n) is 9.99. The monoisotopic (exact) mass is 517 g/mol. The third-order valence-electron chi connectivity index (χ3n) is 5.41. The fourth-order valence-electron chi connectivity index (χ4n) is 3.61. The van der Waals surface area contributed by atoms with E-state index < -0.39 is 41.6 Å². The highest BCUT2D eigenvalue weighted by Gasteiger charge is 2.37. The van der Waals surface area contributed by atoms with Crippen molar-refractivity contribution >= 4 is 23.9 Å². The molecule has 0 aliphatic carbocycles. The highest BCUT2D eigenvalue weighted by molar-refractivity contribution is 5.92. The number of hydrogen-bond acceptors (Lipinski definition) is 6. The average molecular weight is 518 g/mol. The largest absolute Gasteiger partial charge is 0.466 e. The maximum Gasteiger partial charge on any atom is 0.408 e. The van der Waals surface area contributed by atoms with Gasteiger partial charge in [0, 0.05) is 13.1 Å². The van der Waals surface area contributed by atoms with Gasteiger partial charge in [-0.1, -0.05) is 51.1 Å². The number of esters is 1. The Hall–Kier alpha value is -3.36. The van der Waals surface area contributed by atoms with Crippen molar-refractivity contribution in [3.63, 3.8) is 0 Å². The standard InChI is InChI=1S/C28H43N3O6/c1-9-18-31(26(34)23(19(4)5)30-27(35)37-28(6,7)8)24(21-14-12-20(10-2)13-15-21)25(33)29-17-16-22(32)36-11-3/h9,12-15,19,23-24H,1,10-11,16-18H2,2-8H3,(H,29,33)(H,30,35). The fraction of sp³-hybridized carbons (Fsp3) is 0.571. The first kappa shape index (κ1) is 31.7. The number of rotatable bonds is 13. The van der Waals surface area contributed by atoms with Crippen molar-refractivity contribution in [3.8, 4) is 0 Å². The SMILES string of the molecule is C=CCN(C(=O)C(NC(=O)OC(C)(C)C)C(C)C)C(C(=O)NCCC(=O)OCC)c1ccc(CC)cc1. The van der Waals surface area contributed by atoms with Gasteiger partial charge in [-0.3, -0.25) is 14.4 Å². The maximum atomic E-state index is 13.8. The second kappa shape index (κ2) is 15.0. The smallest absolute Gasteiger partial charge is 0.408 e. The number of amides is 3. The minimum Gasteiger partial charge on any atom is -0.466 e. The van der Waals surface area contributed by atoms with E-state index in [9.17, 15) is 19.2 Å². The summed E-state index contributed by atoms with van der Waals surface area (Å²) < 4.78 is 10.3. The topological polar surface area (TPSA) is 114 Å². The summed E-state index contributed by atoms with van der Waals surface area (Å²) in [5.74, 6) is -1.62. The van der Waals surface area contributed by atoms with E-state index in [-0.39, 0.29) is 32.0 Å². The van der Waals surface area contributed by atoms with Gasteiger partial charge in [-0.25, -0.2) is 4.79 Å². The van der Waals surface area contributed by atoms with Crippen LogP contribution in [0.5, 0.6) is 0 Å². The van der Waals surface area contributed by atoms with Crippen molar-refractivity contribution in [2.45, 2.75) is 79.0 Å². The van der Waals surface area contributed by atoms with Crippen LogP contribution in [-0.4, -0.2) is 60.1 Å². The first-order chi connectivity index (χ1) is 17.3. The number of nitrogens with one attached hydrogen (secondary N) is 2. The van der Waals surface area contributed by atoms with Gasteiger partial charge < -0.3 is 25.0 Å². The van der Waals surface area contributed by atoms with Gasteiger partial charge in [0.25, 0.3) is 0 Å². The molecule has 206 valence electrons. The van der Waals surface area contributed by atoms with Gasteiger partial charge in [-0.05, 0) is 51.2 Å². The van der Waals surface area contributed by atoms with Gasteiger partial charge in [-0.15, -0.1) is 6.58 Å². The third kappa shape index (κ3) is 10.7. The number of benzene rings is 1. The normalized spacial score (nSPS) is 12.8. The summed E-state index contributed by atoms with van der Waals surface area (Å²) in [5, 5.41) is 5.42. The van der Waals surface area contributed by atoms with Crippen molar-refractivity contribution in [1.29, 1.82) is 0 Å². The molecule has 0 aromatic heterocycles. The van der Waals surface area contributed by atoms with Crippen LogP contribution in [0.15, 0.2) is 36.9 Å². The van der Waals surface area contributed by atoms with Crippen LogP contribution >= 0.6 is 0 Å². The number of nitrogens with zero attached hydrogens (tertiary/aromatic N) is 1. The van der Waals surface area contributed by atoms with Gasteiger partial charge in [0.1, 0.15) is 17.7 Å². The molecule has 0 spiro atoms. The highest BCUT2D eigenvalue weighted by Crippen LogP contribution is 2.24. The number of ether oxygens (including phenoxy) is 2. The third-order valence-corrected chi connectivity index (χ3v) is 5.41. The first-order valence-electron chi connectivity index (χ1n) is 12.8. The molecule has 2 N–H and O–H groups in total. The van der Waals surface area contributed by atoms with E-state index in [0.29, 0.717) is 5.56 Å². The summed E-state index contributed by atoms with van der Waals surface area (Å²) in [6.07, 6.45) is 1.63. The van der Waals surface area contributed by atoms with E-state index in [4.69, 9.17) is 9.47 Å². The van der Waals surface area contributed by atoms with Crippen molar-refractivity contribution < 1.29 is 28.7 Å². The molecule has 9 nitrogen and oxygen atoms in total. The summed E-state index contributed by atoms with van der Waals surface area (Å²) in [7, 11) is 0. The minimum absolute atomic E-state index is 0.00525. The number of carbonyl (C=O) groups is 4. The van der Waals surface area contributed by atoms with E-state index in [0.717, 1.165) is 12.0 Å². The lowest BCUT2D eigenvalue weighted by molar-refractivity contribution is -0.144. The predicted molar refractivity (Wildman–Crippen MR) is 143 cm³/mol. The molecule has 2 unspecified atom stereocenters. The Kier molecular flexibility index (Phi) is 12.9. The molecule has 0 radical (unpaired) electrons. The molecule has 0 heterocycles. The number of carbonyl (C=O) groups excluding carboxylic acids is 4. The van der Waals surface area contributed by atoms with E-state index in [2.05, 4.69) is 17.2 Å². The molecule has 0 aliphatic heterocycles. The second-order valence-corrected chi connectivity index (χ2v) is 9.99. The van der Waals surface area contributed by atoms with Crippen molar-refractivity contribution in [3.05, 3.63) is 48.0 Å². The number of aryl methyl sites for hydroxylation is 1. The van der Waals surface area contributed by atoms with Crippen LogP contribution in [0.25, 0.3) is 0 Å². The zero-order chi connectivity index (χ0) is 28.2. The zero-order valence-electron chi connectivity index (χ0n) is 23.3. The molecule has 1 aromatic carbocycles. The Morgan fingerprint density at radius 1 is 1.08 bits per heavy atom. The quantitative estimate of drug-likeness (QED) is 0.303. The maximum absolute atomic E-state index is 13.8. The van der Waals surface area contributed by atoms with Gasteiger partial charge in [0.15, 0.2) is 0 Å². The summed E-state index contributed by atoms with van der Waals surface area (Å²) >= 11 is 0. The number of hydrogen-bond donors (Lipinski definition) is 2. The Morgan fingerprint density at radius 3 is 2.19 bits per heavy atom. The highest BCUT2D eigenvalue weighted by atomic mass is 16.6. The van der Waals surface area contributed by atoms with Crippen molar-refractivity contribution in [1.82, 2.24) is 15.5 Å². The van der Waals surface area contributed by atoms with Crippen LogP contribution in [0, 0.1) is 5.92 Å². The van der Waals surface area contributed by atoms with Crippen LogP contribution in [0.4, 0.5) is 4.79 Å². The van der Waals surface area contributed by atoms with Crippen LogP contribution in [0.2, 0.25) is 0 Å². The molecular weight excluding hydrogens is 474 g/mol. The molecule has 0 saturated heterocycles. The molecule has 0 bridgehead atoms. The van der Waals surface area contributed by atoms with Crippen molar-refractivity contribution in [2.24, 2.45) is 5.92 Å². The number of alkyl carbamates (subject to hydrolysis) is 1. The van der Waals surface area contributed by atoms with Gasteiger partial charge >= 0.3 is 12.1 Å². The van der Waals surface area contributed by atoms with E-state index >= 15 is 0 Å². The van der Waals surface area contributed by atoms with Crippen LogP contribution < -0.4 is 10.6 Å². The predicted octanol–water partition coefficient (Wildman–Crippen LogP) is 3.92. The molecule has 1 aromatic rings. The van der Waals surface area contributed by atoms with Gasteiger partial charge in [0.05, 0.1) is 13.0 Å². The lowest BCUT2D eigenvalue weighted by Crippen LogP contribution is -2.55. The Morgan fingerprint density at radius 2 is 1.70 bits per heavy atom. The molecule has 9 heteroatoms. The average Bonchev–Trinajstić information content (AvgIpc) is 2.81. The van der Waals surface area contributed by atoms with Crippen LogP contribution in [-0.2, 0) is 30.3 Å². The van der Waals surface area contributed by atoms with Gasteiger partial charge in [-0.2, -0.15) is 0 Å². The molecule has 2 atom stereocenters. The molecule has 3 amide bonds. The molecule has 37 heavy (non-hydrogen) atoms. The fourth-order valence-corrected chi connectivity index (χ4v) is 3.61. The summed E-state index contributed by atoms with van der Waals surface area (Å²) in [4.78, 5) is 52.9. The van der Waals surface area contributed by atoms with E-state index in [1.165, 1.54) is 11.0 Å². The Labute approximate surface area is 221 Å². The van der Waals surface area contributed by atoms with Crippen molar-refractivity contribution in [2.75, 3.05) is 19.7 Å². The summed E-state index contributed by atoms with van der Waals surface area (Å²) in [6.45, 7) is 16.7. The van der Waals surface area contributed by atoms with E-state index in [1.807, 2.05) is 31.2 Å².